The molecule has 1 aromatic rings. The second-order valence-electron chi connectivity index (χ2n) is 4.76. The van der Waals surface area contributed by atoms with Gasteiger partial charge in [0, 0.05) is 13.1 Å². The number of esters is 1. The maximum Gasteiger partial charge on any atom is 0.327 e. The normalized spacial score (nSPS) is 12.4. The summed E-state index contributed by atoms with van der Waals surface area (Å²) in [6.07, 6.45) is 0. The van der Waals surface area contributed by atoms with E-state index < -0.39 is 6.04 Å². The van der Waals surface area contributed by atoms with E-state index in [1.807, 2.05) is 0 Å². The Labute approximate surface area is 126 Å². The van der Waals surface area contributed by atoms with Crippen LogP contribution in [-0.4, -0.2) is 48.8 Å². The summed E-state index contributed by atoms with van der Waals surface area (Å²) in [5.74, 6) is -0.104. The number of nitrogens with one attached hydrogen (secondary N) is 1. The molecule has 1 rings (SSSR count). The quantitative estimate of drug-likeness (QED) is 0.681. The number of phenols is 1. The minimum atomic E-state index is -0.499. The number of rotatable bonds is 9. The average molecular weight is 294 g/mol. The number of nitrogens with zero attached hydrogens (tertiary/aromatic N) is 1. The minimum Gasteiger partial charge on any atom is -0.508 e. The number of hydrogen-bond donors (Lipinski definition) is 2. The van der Waals surface area contributed by atoms with Crippen LogP contribution in [0.25, 0.3) is 0 Å². The second kappa shape index (κ2) is 9.37. The molecule has 1 aromatic carbocycles. The zero-order valence-electron chi connectivity index (χ0n) is 13.1. The molecule has 0 saturated heterocycles. The van der Waals surface area contributed by atoms with Gasteiger partial charge < -0.3 is 14.7 Å². The van der Waals surface area contributed by atoms with Gasteiger partial charge in [-0.2, -0.15) is 0 Å². The maximum absolute atomic E-state index is 12.1. The molecule has 0 aliphatic heterocycles. The largest absolute Gasteiger partial charge is 0.508 e. The van der Waals surface area contributed by atoms with Gasteiger partial charge in [-0.05, 0) is 37.7 Å². The second-order valence-corrected chi connectivity index (χ2v) is 4.76. The van der Waals surface area contributed by atoms with Crippen LogP contribution in [0.1, 0.15) is 32.4 Å². The van der Waals surface area contributed by atoms with Gasteiger partial charge in [0.05, 0.1) is 6.61 Å². The Kier molecular flexibility index (Phi) is 7.79. The van der Waals surface area contributed by atoms with E-state index >= 15 is 0 Å². The highest BCUT2D eigenvalue weighted by Gasteiger charge is 2.21. The van der Waals surface area contributed by atoms with Crippen molar-refractivity contribution in [2.75, 3.05) is 32.8 Å². The molecule has 1 unspecified atom stereocenters. The SMILES string of the molecule is CCOC(=O)C(NCCN(CC)CC)c1ccc(O)cc1. The molecule has 1 atom stereocenters. The summed E-state index contributed by atoms with van der Waals surface area (Å²) in [5, 5.41) is 12.6. The summed E-state index contributed by atoms with van der Waals surface area (Å²) < 4.78 is 5.12. The van der Waals surface area contributed by atoms with Crippen LogP contribution in [0.2, 0.25) is 0 Å². The Balaban J connectivity index is 2.69. The van der Waals surface area contributed by atoms with Gasteiger partial charge in [0.15, 0.2) is 0 Å². The minimum absolute atomic E-state index is 0.185. The van der Waals surface area contributed by atoms with E-state index in [-0.39, 0.29) is 11.7 Å². The average Bonchev–Trinajstić information content (AvgIpc) is 2.49. The summed E-state index contributed by atoms with van der Waals surface area (Å²) >= 11 is 0. The Morgan fingerprint density at radius 2 is 1.86 bits per heavy atom. The summed E-state index contributed by atoms with van der Waals surface area (Å²) in [5.41, 5.74) is 0.797. The fourth-order valence-corrected chi connectivity index (χ4v) is 2.14. The van der Waals surface area contributed by atoms with E-state index in [1.165, 1.54) is 0 Å². The first-order valence-electron chi connectivity index (χ1n) is 7.53. The number of aromatic hydroxyl groups is 1. The van der Waals surface area contributed by atoms with Crippen LogP contribution in [0.15, 0.2) is 24.3 Å². The number of carbonyl (C=O) groups is 1. The number of carbonyl (C=O) groups excluding carboxylic acids is 1. The number of phenolic OH excluding ortho intramolecular Hbond substituents is 1. The third-order valence-electron chi connectivity index (χ3n) is 3.42. The van der Waals surface area contributed by atoms with Gasteiger partial charge >= 0.3 is 5.97 Å². The molecule has 5 nitrogen and oxygen atoms in total. The third kappa shape index (κ3) is 5.73. The van der Waals surface area contributed by atoms with Crippen LogP contribution in [0.3, 0.4) is 0 Å². The highest BCUT2D eigenvalue weighted by Crippen LogP contribution is 2.18. The standard InChI is InChI=1S/C16H26N2O3/c1-4-18(5-2)12-11-17-15(16(20)21-6-3)13-7-9-14(19)10-8-13/h7-10,15,17,19H,4-6,11-12H2,1-3H3. The lowest BCUT2D eigenvalue weighted by atomic mass is 10.1. The Hall–Kier alpha value is -1.59. The van der Waals surface area contributed by atoms with Gasteiger partial charge in [-0.25, -0.2) is 4.79 Å². The molecule has 0 bridgehead atoms. The predicted octanol–water partition coefficient (Wildman–Crippen LogP) is 1.93. The van der Waals surface area contributed by atoms with Crippen LogP contribution in [-0.2, 0) is 9.53 Å². The van der Waals surface area contributed by atoms with Crippen molar-refractivity contribution in [3.8, 4) is 5.75 Å². The van der Waals surface area contributed by atoms with Crippen LogP contribution in [0, 0.1) is 0 Å². The third-order valence-corrected chi connectivity index (χ3v) is 3.42. The van der Waals surface area contributed by atoms with E-state index in [1.54, 1.807) is 31.2 Å². The molecule has 2 N–H and O–H groups in total. The topological polar surface area (TPSA) is 61.8 Å². The van der Waals surface area contributed by atoms with Gasteiger partial charge in [0.2, 0.25) is 0 Å². The molecule has 0 amide bonds. The highest BCUT2D eigenvalue weighted by atomic mass is 16.5. The van der Waals surface area contributed by atoms with Crippen molar-refractivity contribution < 1.29 is 14.6 Å². The summed E-state index contributed by atoms with van der Waals surface area (Å²) in [4.78, 5) is 14.4. The number of ether oxygens (including phenoxy) is 1. The molecular weight excluding hydrogens is 268 g/mol. The van der Waals surface area contributed by atoms with Crippen molar-refractivity contribution in [3.05, 3.63) is 29.8 Å². The zero-order valence-corrected chi connectivity index (χ0v) is 13.1. The van der Waals surface area contributed by atoms with Crippen LogP contribution in [0.4, 0.5) is 0 Å². The Morgan fingerprint density at radius 1 is 1.24 bits per heavy atom. The first kappa shape index (κ1) is 17.5. The maximum atomic E-state index is 12.1. The van der Waals surface area contributed by atoms with E-state index in [4.69, 9.17) is 4.74 Å². The van der Waals surface area contributed by atoms with Crippen molar-refractivity contribution in [3.63, 3.8) is 0 Å². The van der Waals surface area contributed by atoms with E-state index in [9.17, 15) is 9.90 Å². The molecule has 5 heteroatoms. The Bertz CT molecular complexity index is 416. The lowest BCUT2D eigenvalue weighted by Crippen LogP contribution is -2.37. The summed E-state index contributed by atoms with van der Waals surface area (Å²) in [6, 6.07) is 6.13. The fraction of sp³-hybridized carbons (Fsp3) is 0.562. The lowest BCUT2D eigenvalue weighted by Gasteiger charge is -2.22. The van der Waals surface area contributed by atoms with Crippen molar-refractivity contribution in [1.82, 2.24) is 10.2 Å². The van der Waals surface area contributed by atoms with Gasteiger partial charge in [-0.15, -0.1) is 0 Å². The summed E-state index contributed by atoms with van der Waals surface area (Å²) in [7, 11) is 0. The first-order valence-corrected chi connectivity index (χ1v) is 7.53. The van der Waals surface area contributed by atoms with Crippen molar-refractivity contribution >= 4 is 5.97 Å². The molecule has 0 spiro atoms. The number of hydrogen-bond acceptors (Lipinski definition) is 5. The first-order chi connectivity index (χ1) is 10.1. The zero-order chi connectivity index (χ0) is 15.7. The monoisotopic (exact) mass is 294 g/mol. The molecule has 0 heterocycles. The highest BCUT2D eigenvalue weighted by molar-refractivity contribution is 5.77. The molecule has 118 valence electrons. The predicted molar refractivity (Wildman–Crippen MR) is 83.3 cm³/mol. The molecule has 0 aromatic heterocycles. The van der Waals surface area contributed by atoms with Crippen LogP contribution < -0.4 is 5.32 Å². The van der Waals surface area contributed by atoms with E-state index in [2.05, 4.69) is 24.1 Å². The van der Waals surface area contributed by atoms with E-state index in [0.717, 1.165) is 25.2 Å². The molecule has 0 aliphatic carbocycles. The lowest BCUT2D eigenvalue weighted by molar-refractivity contribution is -0.145. The van der Waals surface area contributed by atoms with Crippen LogP contribution >= 0.6 is 0 Å². The molecule has 0 aliphatic rings. The molecule has 21 heavy (non-hydrogen) atoms. The van der Waals surface area contributed by atoms with Crippen LogP contribution in [0.5, 0.6) is 5.75 Å². The molecule has 0 radical (unpaired) electrons. The Morgan fingerprint density at radius 3 is 2.38 bits per heavy atom. The smallest absolute Gasteiger partial charge is 0.327 e. The summed E-state index contributed by atoms with van der Waals surface area (Å²) in [6.45, 7) is 9.93. The van der Waals surface area contributed by atoms with Gasteiger partial charge in [0.25, 0.3) is 0 Å². The van der Waals surface area contributed by atoms with Crippen molar-refractivity contribution in [2.45, 2.75) is 26.8 Å². The van der Waals surface area contributed by atoms with Gasteiger partial charge in [-0.3, -0.25) is 5.32 Å². The van der Waals surface area contributed by atoms with Crippen molar-refractivity contribution in [2.24, 2.45) is 0 Å². The van der Waals surface area contributed by atoms with E-state index in [0.29, 0.717) is 13.2 Å². The number of likely N-dealkylation sites (N-methyl/N-ethyl adjacent to an activating group) is 1. The molecular formula is C16H26N2O3. The van der Waals surface area contributed by atoms with Gasteiger partial charge in [0.1, 0.15) is 11.8 Å². The van der Waals surface area contributed by atoms with Gasteiger partial charge in [-0.1, -0.05) is 26.0 Å². The van der Waals surface area contributed by atoms with Crippen molar-refractivity contribution in [1.29, 1.82) is 0 Å². The number of benzene rings is 1. The molecule has 0 fully saturated rings. The fourth-order valence-electron chi connectivity index (χ4n) is 2.14. The molecule has 0 saturated carbocycles.